The van der Waals surface area contributed by atoms with Crippen molar-refractivity contribution in [2.24, 2.45) is 0 Å². The number of para-hydroxylation sites is 2. The fourth-order valence-corrected chi connectivity index (χ4v) is 4.22. The minimum atomic E-state index is -0.257. The number of benzene rings is 2. The Labute approximate surface area is 178 Å². The van der Waals surface area contributed by atoms with Crippen LogP contribution in [0, 0.1) is 0 Å². The monoisotopic (exact) mass is 421 g/mol. The summed E-state index contributed by atoms with van der Waals surface area (Å²) in [4.78, 5) is 30.0. The Kier molecular flexibility index (Phi) is 5.90. The average Bonchev–Trinajstić information content (AvgIpc) is 3.19. The second kappa shape index (κ2) is 8.75. The van der Waals surface area contributed by atoms with Crippen molar-refractivity contribution in [3.05, 3.63) is 70.7 Å². The highest BCUT2D eigenvalue weighted by Crippen LogP contribution is 2.24. The van der Waals surface area contributed by atoms with E-state index >= 15 is 0 Å². The summed E-state index contributed by atoms with van der Waals surface area (Å²) in [6.45, 7) is 4.47. The highest BCUT2D eigenvalue weighted by atomic mass is 32.2. The quantitative estimate of drug-likeness (QED) is 0.351. The van der Waals surface area contributed by atoms with E-state index in [2.05, 4.69) is 10.3 Å². The van der Waals surface area contributed by atoms with E-state index in [0.29, 0.717) is 28.4 Å². The molecule has 2 aromatic carbocycles. The number of carbonyl (C=O) groups is 1. The molecule has 0 unspecified atom stereocenters. The van der Waals surface area contributed by atoms with Gasteiger partial charge in [0.1, 0.15) is 11.3 Å². The van der Waals surface area contributed by atoms with E-state index in [1.807, 2.05) is 62.4 Å². The molecule has 0 fully saturated rings. The van der Waals surface area contributed by atoms with Gasteiger partial charge in [-0.2, -0.15) is 0 Å². The molecule has 0 aliphatic heterocycles. The lowest BCUT2D eigenvalue weighted by atomic mass is 10.2. The molecule has 30 heavy (non-hydrogen) atoms. The zero-order valence-electron chi connectivity index (χ0n) is 16.9. The predicted octanol–water partition coefficient (Wildman–Crippen LogP) is 4.52. The summed E-state index contributed by atoms with van der Waals surface area (Å²) in [5, 5.41) is 5.13. The summed E-state index contributed by atoms with van der Waals surface area (Å²) in [7, 11) is 0. The van der Waals surface area contributed by atoms with Crippen molar-refractivity contribution in [1.29, 1.82) is 0 Å². The van der Waals surface area contributed by atoms with Crippen molar-refractivity contribution in [1.82, 2.24) is 14.9 Å². The molecule has 0 saturated carbocycles. The van der Waals surface area contributed by atoms with Gasteiger partial charge in [0.2, 0.25) is 5.91 Å². The van der Waals surface area contributed by atoms with E-state index < -0.39 is 0 Å². The van der Waals surface area contributed by atoms with Gasteiger partial charge in [-0.1, -0.05) is 49.0 Å². The van der Waals surface area contributed by atoms with Gasteiger partial charge in [0.15, 0.2) is 5.16 Å². The molecule has 154 valence electrons. The van der Waals surface area contributed by atoms with Crippen LogP contribution >= 0.6 is 11.8 Å². The van der Waals surface area contributed by atoms with E-state index in [-0.39, 0.29) is 23.3 Å². The smallest absolute Gasteiger partial charge is 0.262 e. The summed E-state index contributed by atoms with van der Waals surface area (Å²) < 4.78 is 7.48. The van der Waals surface area contributed by atoms with Crippen molar-refractivity contribution in [2.45, 2.75) is 38.0 Å². The van der Waals surface area contributed by atoms with Crippen LogP contribution in [0.25, 0.3) is 21.9 Å². The Hall–Kier alpha value is -3.06. The number of rotatable bonds is 7. The van der Waals surface area contributed by atoms with Crippen LogP contribution in [0.15, 0.2) is 69.0 Å². The first-order chi connectivity index (χ1) is 14.6. The summed E-state index contributed by atoms with van der Waals surface area (Å²) in [5.41, 5.74) is 1.38. The second-order valence-corrected chi connectivity index (χ2v) is 8.08. The molecule has 1 atom stereocenters. The third-order valence-electron chi connectivity index (χ3n) is 4.86. The number of hydrogen-bond donors (Lipinski definition) is 1. The highest BCUT2D eigenvalue weighted by molar-refractivity contribution is 7.99. The molecule has 0 bridgehead atoms. The van der Waals surface area contributed by atoms with Gasteiger partial charge < -0.3 is 9.73 Å². The number of nitrogens with one attached hydrogen (secondary N) is 1. The Morgan fingerprint density at radius 2 is 1.97 bits per heavy atom. The molecule has 0 spiro atoms. The van der Waals surface area contributed by atoms with Gasteiger partial charge in [0.05, 0.1) is 22.7 Å². The molecule has 0 aliphatic rings. The fourth-order valence-electron chi connectivity index (χ4n) is 3.38. The van der Waals surface area contributed by atoms with Crippen molar-refractivity contribution in [3.8, 4) is 0 Å². The number of amides is 1. The summed E-state index contributed by atoms with van der Waals surface area (Å²) in [6, 6.07) is 16.7. The van der Waals surface area contributed by atoms with Crippen LogP contribution in [-0.2, 0) is 11.3 Å². The Morgan fingerprint density at radius 1 is 1.20 bits per heavy atom. The van der Waals surface area contributed by atoms with E-state index in [1.165, 1.54) is 11.8 Å². The van der Waals surface area contributed by atoms with Gasteiger partial charge in [-0.15, -0.1) is 0 Å². The Bertz CT molecular complexity index is 1230. The molecule has 1 amide bonds. The van der Waals surface area contributed by atoms with Crippen LogP contribution in [-0.4, -0.2) is 21.2 Å². The number of nitrogens with zero attached hydrogens (tertiary/aromatic N) is 2. The molecule has 0 saturated heterocycles. The summed E-state index contributed by atoms with van der Waals surface area (Å²) in [6.07, 6.45) is 0.808. The van der Waals surface area contributed by atoms with Crippen LogP contribution < -0.4 is 10.9 Å². The zero-order chi connectivity index (χ0) is 21.1. The maximum absolute atomic E-state index is 12.8. The normalized spacial score (nSPS) is 12.3. The van der Waals surface area contributed by atoms with Gasteiger partial charge in [-0.3, -0.25) is 14.2 Å². The molecule has 1 N–H and O–H groups in total. The third kappa shape index (κ3) is 4.11. The maximum atomic E-state index is 12.8. The first-order valence-corrected chi connectivity index (χ1v) is 11.0. The molecular formula is C23H23N3O3S. The molecular weight excluding hydrogens is 398 g/mol. The lowest BCUT2D eigenvalue weighted by Crippen LogP contribution is -2.29. The van der Waals surface area contributed by atoms with Gasteiger partial charge in [0.25, 0.3) is 5.56 Å². The minimum absolute atomic E-state index is 0.0685. The number of aromatic nitrogens is 2. The molecule has 0 aliphatic carbocycles. The van der Waals surface area contributed by atoms with E-state index in [0.717, 1.165) is 17.4 Å². The summed E-state index contributed by atoms with van der Waals surface area (Å²) in [5.74, 6) is 0.735. The lowest BCUT2D eigenvalue weighted by molar-refractivity contribution is -0.119. The van der Waals surface area contributed by atoms with Gasteiger partial charge in [-0.25, -0.2) is 4.98 Å². The van der Waals surface area contributed by atoms with Gasteiger partial charge in [0, 0.05) is 11.9 Å². The van der Waals surface area contributed by atoms with Crippen LogP contribution in [0.4, 0.5) is 0 Å². The Morgan fingerprint density at radius 3 is 2.77 bits per heavy atom. The van der Waals surface area contributed by atoms with Gasteiger partial charge in [-0.05, 0) is 37.6 Å². The topological polar surface area (TPSA) is 77.1 Å². The molecule has 7 heteroatoms. The lowest BCUT2D eigenvalue weighted by Gasteiger charge is -2.14. The van der Waals surface area contributed by atoms with E-state index in [4.69, 9.17) is 4.42 Å². The SMILES string of the molecule is CCCn1c(SCC(=O)N[C@H](C)c2cc3ccccc3o2)nc2ccccc2c1=O. The molecule has 2 heterocycles. The minimum Gasteiger partial charge on any atom is -0.459 e. The van der Waals surface area contributed by atoms with Crippen molar-refractivity contribution in [3.63, 3.8) is 0 Å². The molecule has 2 aromatic heterocycles. The molecule has 6 nitrogen and oxygen atoms in total. The number of hydrogen-bond acceptors (Lipinski definition) is 5. The van der Waals surface area contributed by atoms with Crippen LogP contribution in [0.3, 0.4) is 0 Å². The molecule has 4 aromatic rings. The van der Waals surface area contributed by atoms with Crippen molar-refractivity contribution in [2.75, 3.05) is 5.75 Å². The average molecular weight is 422 g/mol. The number of thioether (sulfide) groups is 1. The van der Waals surface area contributed by atoms with E-state index in [9.17, 15) is 9.59 Å². The molecule has 4 rings (SSSR count). The predicted molar refractivity (Wildman–Crippen MR) is 120 cm³/mol. The zero-order valence-corrected chi connectivity index (χ0v) is 17.7. The Balaban J connectivity index is 1.48. The molecule has 0 radical (unpaired) electrons. The fraction of sp³-hybridized carbons (Fsp3) is 0.261. The van der Waals surface area contributed by atoms with Crippen molar-refractivity contribution < 1.29 is 9.21 Å². The standard InChI is InChI=1S/C23H23N3O3S/c1-3-12-26-22(28)17-9-5-6-10-18(17)25-23(26)30-14-21(27)24-15(2)20-13-16-8-4-7-11-19(16)29-20/h4-11,13,15H,3,12,14H2,1-2H3,(H,24,27)/t15-/m1/s1. The maximum Gasteiger partial charge on any atom is 0.262 e. The highest BCUT2D eigenvalue weighted by Gasteiger charge is 2.16. The van der Waals surface area contributed by atoms with Crippen LogP contribution in [0.2, 0.25) is 0 Å². The third-order valence-corrected chi connectivity index (χ3v) is 5.83. The van der Waals surface area contributed by atoms with Gasteiger partial charge >= 0.3 is 0 Å². The van der Waals surface area contributed by atoms with Crippen molar-refractivity contribution >= 4 is 39.5 Å². The summed E-state index contributed by atoms with van der Waals surface area (Å²) >= 11 is 1.28. The van der Waals surface area contributed by atoms with E-state index in [1.54, 1.807) is 10.6 Å². The number of furan rings is 1. The number of fused-ring (bicyclic) bond motifs is 2. The largest absolute Gasteiger partial charge is 0.459 e. The first kappa shape index (κ1) is 20.2. The number of carbonyl (C=O) groups excluding carboxylic acids is 1. The van der Waals surface area contributed by atoms with Crippen LogP contribution in [0.5, 0.6) is 0 Å². The second-order valence-electron chi connectivity index (χ2n) is 7.13. The first-order valence-electron chi connectivity index (χ1n) is 9.97. The van der Waals surface area contributed by atoms with Crippen LogP contribution in [0.1, 0.15) is 32.1 Å².